The molecule has 3 rings (SSSR count). The van der Waals surface area contributed by atoms with E-state index in [1.165, 1.54) is 11.3 Å². The fraction of sp³-hybridized carbons (Fsp3) is 0.312. The quantitative estimate of drug-likeness (QED) is 0.921. The van der Waals surface area contributed by atoms with E-state index in [4.69, 9.17) is 11.6 Å². The Balaban J connectivity index is 1.71. The van der Waals surface area contributed by atoms with Crippen molar-refractivity contribution in [3.05, 3.63) is 45.9 Å². The zero-order valence-corrected chi connectivity index (χ0v) is 14.2. The van der Waals surface area contributed by atoms with E-state index in [1.54, 1.807) is 23.2 Å². The van der Waals surface area contributed by atoms with Gasteiger partial charge in [0.05, 0.1) is 0 Å². The number of anilines is 1. The lowest BCUT2D eigenvalue weighted by Gasteiger charge is -2.23. The highest BCUT2D eigenvalue weighted by atomic mass is 35.5. The zero-order valence-electron chi connectivity index (χ0n) is 12.6. The summed E-state index contributed by atoms with van der Waals surface area (Å²) in [6, 6.07) is 6.85. The van der Waals surface area contributed by atoms with Crippen LogP contribution in [0.25, 0.3) is 0 Å². The molecule has 1 aromatic heterocycles. The number of halogens is 1. The fourth-order valence-electron chi connectivity index (χ4n) is 2.59. The molecular formula is C16H16ClN3O2S. The van der Waals surface area contributed by atoms with Gasteiger partial charge in [-0.05, 0) is 31.0 Å². The number of benzene rings is 1. The normalized spacial score (nSPS) is 17.6. The van der Waals surface area contributed by atoms with E-state index in [-0.39, 0.29) is 11.8 Å². The summed E-state index contributed by atoms with van der Waals surface area (Å²) in [5.41, 5.74) is 0.951. The second-order valence-electron chi connectivity index (χ2n) is 5.47. The van der Waals surface area contributed by atoms with Gasteiger partial charge in [0.25, 0.3) is 0 Å². The first-order chi connectivity index (χ1) is 11.0. The Labute approximate surface area is 143 Å². The first kappa shape index (κ1) is 16.0. The highest BCUT2D eigenvalue weighted by Crippen LogP contribution is 2.24. The minimum Gasteiger partial charge on any atom is -0.326 e. The number of nitrogens with zero attached hydrogens (tertiary/aromatic N) is 2. The van der Waals surface area contributed by atoms with Crippen molar-refractivity contribution in [2.75, 3.05) is 5.32 Å². The van der Waals surface area contributed by atoms with Crippen molar-refractivity contribution < 1.29 is 9.59 Å². The van der Waals surface area contributed by atoms with Crippen LogP contribution in [0.1, 0.15) is 23.3 Å². The summed E-state index contributed by atoms with van der Waals surface area (Å²) in [6.07, 6.45) is 2.64. The molecule has 0 unspecified atom stereocenters. The molecule has 0 bridgehead atoms. The van der Waals surface area contributed by atoms with Crippen LogP contribution in [-0.4, -0.2) is 27.7 Å². The van der Waals surface area contributed by atoms with Gasteiger partial charge in [-0.15, -0.1) is 11.3 Å². The highest BCUT2D eigenvalue weighted by molar-refractivity contribution is 7.15. The number of hydrogen-bond donors (Lipinski definition) is 1. The summed E-state index contributed by atoms with van der Waals surface area (Å²) >= 11 is 7.30. The molecule has 1 fully saturated rings. The molecule has 2 amide bonds. The Kier molecular flexibility index (Phi) is 4.63. The van der Waals surface area contributed by atoms with E-state index in [1.807, 2.05) is 19.1 Å². The summed E-state index contributed by atoms with van der Waals surface area (Å²) in [5.74, 6) is -0.186. The number of carbonyl (C=O) groups is 2. The Morgan fingerprint density at radius 3 is 2.83 bits per heavy atom. The summed E-state index contributed by atoms with van der Waals surface area (Å²) < 4.78 is 0. The van der Waals surface area contributed by atoms with Gasteiger partial charge in [-0.1, -0.05) is 23.7 Å². The van der Waals surface area contributed by atoms with Crippen molar-refractivity contribution in [2.24, 2.45) is 0 Å². The molecule has 1 aliphatic heterocycles. The van der Waals surface area contributed by atoms with E-state index in [9.17, 15) is 9.59 Å². The van der Waals surface area contributed by atoms with E-state index in [0.717, 1.165) is 10.4 Å². The zero-order chi connectivity index (χ0) is 16.4. The van der Waals surface area contributed by atoms with Gasteiger partial charge in [0, 0.05) is 29.1 Å². The van der Waals surface area contributed by atoms with Crippen molar-refractivity contribution in [1.29, 1.82) is 0 Å². The van der Waals surface area contributed by atoms with Crippen molar-refractivity contribution in [2.45, 2.75) is 32.4 Å². The summed E-state index contributed by atoms with van der Waals surface area (Å²) in [6.45, 7) is 2.34. The smallest absolute Gasteiger partial charge is 0.248 e. The van der Waals surface area contributed by atoms with Crippen LogP contribution in [0.2, 0.25) is 5.02 Å². The van der Waals surface area contributed by atoms with E-state index in [2.05, 4.69) is 10.3 Å². The van der Waals surface area contributed by atoms with Crippen LogP contribution in [0.15, 0.2) is 30.5 Å². The van der Waals surface area contributed by atoms with E-state index in [0.29, 0.717) is 29.5 Å². The standard InChI is InChI=1S/C16H16ClN3O2S/c1-10-8-18-16(23-10)19-15(22)13-6-7-14(21)20(13)9-11-2-4-12(17)5-3-11/h2-5,8,13H,6-7,9H2,1H3,(H,18,19,22)/t13-/m1/s1. The maximum Gasteiger partial charge on any atom is 0.248 e. The topological polar surface area (TPSA) is 62.3 Å². The molecule has 0 saturated carbocycles. The molecule has 0 spiro atoms. The number of likely N-dealkylation sites (tertiary alicyclic amines) is 1. The average molecular weight is 350 g/mol. The number of aryl methyl sites for hydroxylation is 1. The maximum atomic E-state index is 12.5. The van der Waals surface area contributed by atoms with Gasteiger partial charge in [0.2, 0.25) is 11.8 Å². The number of hydrogen-bond acceptors (Lipinski definition) is 4. The third kappa shape index (κ3) is 3.71. The molecule has 0 aliphatic carbocycles. The highest BCUT2D eigenvalue weighted by Gasteiger charge is 2.36. The van der Waals surface area contributed by atoms with Crippen LogP contribution < -0.4 is 5.32 Å². The lowest BCUT2D eigenvalue weighted by molar-refractivity contribution is -0.133. The molecular weight excluding hydrogens is 334 g/mol. The Hall–Kier alpha value is -1.92. The average Bonchev–Trinajstić information content (AvgIpc) is 3.08. The van der Waals surface area contributed by atoms with Crippen LogP contribution in [-0.2, 0) is 16.1 Å². The molecule has 0 radical (unpaired) electrons. The maximum absolute atomic E-state index is 12.5. The van der Waals surface area contributed by atoms with E-state index >= 15 is 0 Å². The first-order valence-corrected chi connectivity index (χ1v) is 8.49. The van der Waals surface area contributed by atoms with Crippen molar-refractivity contribution in [3.8, 4) is 0 Å². The first-order valence-electron chi connectivity index (χ1n) is 7.30. The number of amides is 2. The lowest BCUT2D eigenvalue weighted by Crippen LogP contribution is -2.41. The second kappa shape index (κ2) is 6.68. The van der Waals surface area contributed by atoms with Crippen LogP contribution in [0.5, 0.6) is 0 Å². The predicted octanol–water partition coefficient (Wildman–Crippen LogP) is 3.23. The van der Waals surface area contributed by atoms with E-state index < -0.39 is 6.04 Å². The fourth-order valence-corrected chi connectivity index (χ4v) is 3.39. The Morgan fingerprint density at radius 1 is 1.43 bits per heavy atom. The summed E-state index contributed by atoms with van der Waals surface area (Å²) in [7, 11) is 0. The Morgan fingerprint density at radius 2 is 2.17 bits per heavy atom. The van der Waals surface area contributed by atoms with Gasteiger partial charge >= 0.3 is 0 Å². The molecule has 23 heavy (non-hydrogen) atoms. The molecule has 1 N–H and O–H groups in total. The van der Waals surface area contributed by atoms with Gasteiger partial charge in [-0.2, -0.15) is 0 Å². The molecule has 1 atom stereocenters. The SMILES string of the molecule is Cc1cnc(NC(=O)[C@H]2CCC(=O)N2Cc2ccc(Cl)cc2)s1. The van der Waals surface area contributed by atoms with Crippen LogP contribution in [0.3, 0.4) is 0 Å². The monoisotopic (exact) mass is 349 g/mol. The number of carbonyl (C=O) groups excluding carboxylic acids is 2. The molecule has 2 aromatic rings. The van der Waals surface area contributed by atoms with Gasteiger partial charge in [-0.3, -0.25) is 9.59 Å². The number of rotatable bonds is 4. The second-order valence-corrected chi connectivity index (χ2v) is 7.14. The van der Waals surface area contributed by atoms with Crippen LogP contribution >= 0.6 is 22.9 Å². The summed E-state index contributed by atoms with van der Waals surface area (Å²) in [4.78, 5) is 31.4. The third-order valence-electron chi connectivity index (χ3n) is 3.75. The third-order valence-corrected chi connectivity index (χ3v) is 4.83. The van der Waals surface area contributed by atoms with Gasteiger partial charge in [-0.25, -0.2) is 4.98 Å². The minimum atomic E-state index is -0.456. The number of thiazole rings is 1. The molecule has 7 heteroatoms. The summed E-state index contributed by atoms with van der Waals surface area (Å²) in [5, 5.41) is 4.02. The Bertz CT molecular complexity index is 729. The number of aromatic nitrogens is 1. The van der Waals surface area contributed by atoms with Crippen molar-refractivity contribution in [3.63, 3.8) is 0 Å². The van der Waals surface area contributed by atoms with Crippen LogP contribution in [0.4, 0.5) is 5.13 Å². The van der Waals surface area contributed by atoms with Gasteiger partial charge < -0.3 is 10.2 Å². The predicted molar refractivity (Wildman–Crippen MR) is 90.5 cm³/mol. The van der Waals surface area contributed by atoms with Crippen molar-refractivity contribution >= 4 is 39.9 Å². The molecule has 120 valence electrons. The lowest BCUT2D eigenvalue weighted by atomic mass is 10.1. The van der Waals surface area contributed by atoms with Gasteiger partial charge in [0.1, 0.15) is 6.04 Å². The molecule has 2 heterocycles. The molecule has 1 aliphatic rings. The minimum absolute atomic E-state index is 0.00424. The van der Waals surface area contributed by atoms with Crippen LogP contribution in [0, 0.1) is 6.92 Å². The van der Waals surface area contributed by atoms with Gasteiger partial charge in [0.15, 0.2) is 5.13 Å². The number of nitrogens with one attached hydrogen (secondary N) is 1. The molecule has 1 aromatic carbocycles. The molecule has 1 saturated heterocycles. The largest absolute Gasteiger partial charge is 0.326 e. The van der Waals surface area contributed by atoms with Crippen molar-refractivity contribution in [1.82, 2.24) is 9.88 Å². The molecule has 5 nitrogen and oxygen atoms in total.